The topological polar surface area (TPSA) is 35.5 Å². The van der Waals surface area contributed by atoms with Gasteiger partial charge >= 0.3 is 5.97 Å². The van der Waals surface area contributed by atoms with Crippen molar-refractivity contribution in [2.75, 3.05) is 13.2 Å². The predicted molar refractivity (Wildman–Crippen MR) is 48.8 cm³/mol. The molecule has 0 saturated carbocycles. The summed E-state index contributed by atoms with van der Waals surface area (Å²) in [6, 6.07) is 0. The van der Waals surface area contributed by atoms with Gasteiger partial charge in [0.25, 0.3) is 0 Å². The molecule has 2 unspecified atom stereocenters. The van der Waals surface area contributed by atoms with Gasteiger partial charge in [-0.1, -0.05) is 22.6 Å². The van der Waals surface area contributed by atoms with Crippen molar-refractivity contribution >= 4 is 28.6 Å². The second-order valence-electron chi connectivity index (χ2n) is 2.52. The number of cyclic esters (lactones) is 1. The van der Waals surface area contributed by atoms with E-state index in [9.17, 15) is 4.79 Å². The van der Waals surface area contributed by atoms with Crippen molar-refractivity contribution in [3.63, 3.8) is 0 Å². The Hall–Kier alpha value is 0.160. The number of alkyl halides is 1. The van der Waals surface area contributed by atoms with Crippen molar-refractivity contribution in [1.29, 1.82) is 0 Å². The van der Waals surface area contributed by atoms with Crippen LogP contribution in [0.2, 0.25) is 0 Å². The molecule has 1 rings (SSSR count). The number of carbonyl (C=O) groups excluding carboxylic acids is 1. The van der Waals surface area contributed by atoms with Gasteiger partial charge in [0.15, 0.2) is 0 Å². The summed E-state index contributed by atoms with van der Waals surface area (Å²) >= 11 is 2.23. The van der Waals surface area contributed by atoms with Gasteiger partial charge in [-0.25, -0.2) is 0 Å². The van der Waals surface area contributed by atoms with Gasteiger partial charge in [0.1, 0.15) is 6.61 Å². The molecule has 64 valence electrons. The molecule has 1 fully saturated rings. The van der Waals surface area contributed by atoms with Crippen LogP contribution in [0, 0.1) is 0 Å². The van der Waals surface area contributed by atoms with Crippen LogP contribution in [0.1, 0.15) is 13.3 Å². The molecule has 1 aliphatic rings. The van der Waals surface area contributed by atoms with E-state index in [2.05, 4.69) is 22.6 Å². The Labute approximate surface area is 79.6 Å². The number of carbonyl (C=O) groups is 1. The lowest BCUT2D eigenvalue weighted by Crippen LogP contribution is -2.30. The summed E-state index contributed by atoms with van der Waals surface area (Å²) in [5, 5.41) is 0. The minimum Gasteiger partial charge on any atom is -0.464 e. The zero-order chi connectivity index (χ0) is 8.27. The van der Waals surface area contributed by atoms with E-state index in [0.29, 0.717) is 19.6 Å². The zero-order valence-corrected chi connectivity index (χ0v) is 8.54. The highest BCUT2D eigenvalue weighted by atomic mass is 127. The van der Waals surface area contributed by atoms with Crippen molar-refractivity contribution in [1.82, 2.24) is 0 Å². The fourth-order valence-electron chi connectivity index (χ4n) is 0.813. The third-order valence-corrected chi connectivity index (χ3v) is 2.97. The highest BCUT2D eigenvalue weighted by molar-refractivity contribution is 14.1. The Bertz CT molecular complexity index is 149. The third kappa shape index (κ3) is 2.94. The molecule has 0 N–H and O–H groups in total. The first-order valence-corrected chi connectivity index (χ1v) is 4.86. The fraction of sp³-hybridized carbons (Fsp3) is 0.857. The molecule has 0 bridgehead atoms. The average Bonchev–Trinajstić information content (AvgIpc) is 1.98. The van der Waals surface area contributed by atoms with Crippen LogP contribution >= 0.6 is 22.6 Å². The van der Waals surface area contributed by atoms with Crippen molar-refractivity contribution in [2.24, 2.45) is 0 Å². The first kappa shape index (κ1) is 9.25. The lowest BCUT2D eigenvalue weighted by Gasteiger charge is -2.21. The molecule has 4 heteroatoms. The Morgan fingerprint density at radius 1 is 1.64 bits per heavy atom. The number of halogens is 1. The number of rotatable bonds is 0. The molecule has 1 aliphatic heterocycles. The molecular weight excluding hydrogens is 259 g/mol. The summed E-state index contributed by atoms with van der Waals surface area (Å²) in [5.74, 6) is -0.154. The van der Waals surface area contributed by atoms with Crippen LogP contribution in [0.3, 0.4) is 0 Å². The molecule has 0 aromatic rings. The van der Waals surface area contributed by atoms with Gasteiger partial charge in [-0.3, -0.25) is 4.79 Å². The fourth-order valence-corrected chi connectivity index (χ4v) is 1.20. The summed E-state index contributed by atoms with van der Waals surface area (Å²) in [6.45, 7) is 2.95. The maximum absolute atomic E-state index is 10.8. The van der Waals surface area contributed by atoms with Crippen molar-refractivity contribution in [2.45, 2.75) is 23.4 Å². The van der Waals surface area contributed by atoms with Crippen LogP contribution in [-0.4, -0.2) is 29.2 Å². The van der Waals surface area contributed by atoms with Crippen LogP contribution in [0.5, 0.6) is 0 Å². The standard InChI is InChI=1S/C7H11IO3/c1-5-6(8)4-11-7(9)2-3-10-5/h5-6H,2-4H2,1H3. The summed E-state index contributed by atoms with van der Waals surface area (Å²) in [4.78, 5) is 10.8. The van der Waals surface area contributed by atoms with Crippen molar-refractivity contribution in [3.8, 4) is 0 Å². The summed E-state index contributed by atoms with van der Waals surface area (Å²) in [5.41, 5.74) is 0. The first-order chi connectivity index (χ1) is 5.20. The lowest BCUT2D eigenvalue weighted by molar-refractivity contribution is -0.148. The maximum Gasteiger partial charge on any atom is 0.308 e. The van der Waals surface area contributed by atoms with Crippen LogP contribution in [0.25, 0.3) is 0 Å². The highest BCUT2D eigenvalue weighted by Crippen LogP contribution is 2.13. The van der Waals surface area contributed by atoms with Gasteiger partial charge in [-0.15, -0.1) is 0 Å². The average molecular weight is 270 g/mol. The van der Waals surface area contributed by atoms with E-state index in [1.807, 2.05) is 6.92 Å². The van der Waals surface area contributed by atoms with E-state index >= 15 is 0 Å². The zero-order valence-electron chi connectivity index (χ0n) is 6.38. The molecule has 0 aliphatic carbocycles. The number of hydrogen-bond acceptors (Lipinski definition) is 3. The summed E-state index contributed by atoms with van der Waals surface area (Å²) < 4.78 is 10.6. The molecule has 1 heterocycles. The molecule has 0 amide bonds. The van der Waals surface area contributed by atoms with Gasteiger partial charge in [0, 0.05) is 0 Å². The van der Waals surface area contributed by atoms with Crippen molar-refractivity contribution in [3.05, 3.63) is 0 Å². The molecule has 1 saturated heterocycles. The van der Waals surface area contributed by atoms with Gasteiger partial charge in [-0.2, -0.15) is 0 Å². The largest absolute Gasteiger partial charge is 0.464 e. The molecule has 11 heavy (non-hydrogen) atoms. The highest BCUT2D eigenvalue weighted by Gasteiger charge is 2.19. The number of esters is 1. The Kier molecular flexibility index (Phi) is 3.58. The summed E-state index contributed by atoms with van der Waals surface area (Å²) in [6.07, 6.45) is 0.567. The van der Waals surface area contributed by atoms with Crippen LogP contribution in [-0.2, 0) is 14.3 Å². The van der Waals surface area contributed by atoms with Gasteiger partial charge in [0.2, 0.25) is 0 Å². The quantitative estimate of drug-likeness (QED) is 0.376. The van der Waals surface area contributed by atoms with Crippen LogP contribution in [0.4, 0.5) is 0 Å². The second kappa shape index (κ2) is 4.25. The smallest absolute Gasteiger partial charge is 0.308 e. The van der Waals surface area contributed by atoms with Crippen LogP contribution in [0.15, 0.2) is 0 Å². The van der Waals surface area contributed by atoms with Gasteiger partial charge in [0.05, 0.1) is 23.1 Å². The second-order valence-corrected chi connectivity index (χ2v) is 4.12. The molecule has 0 radical (unpaired) electrons. The SMILES string of the molecule is CC1OCCC(=O)OCC1I. The normalized spacial score (nSPS) is 33.8. The number of ether oxygens (including phenoxy) is 2. The molecular formula is C7H11IO3. The lowest BCUT2D eigenvalue weighted by atomic mass is 10.3. The van der Waals surface area contributed by atoms with Gasteiger partial charge < -0.3 is 9.47 Å². The van der Waals surface area contributed by atoms with E-state index in [4.69, 9.17) is 9.47 Å². The molecule has 3 nitrogen and oxygen atoms in total. The van der Waals surface area contributed by atoms with E-state index < -0.39 is 0 Å². The predicted octanol–water partition coefficient (Wildman–Crippen LogP) is 1.14. The maximum atomic E-state index is 10.8. The molecule has 0 aromatic heterocycles. The Balaban J connectivity index is 2.40. The summed E-state index contributed by atoms with van der Waals surface area (Å²) in [7, 11) is 0. The van der Waals surface area contributed by atoms with E-state index in [-0.39, 0.29) is 16.0 Å². The van der Waals surface area contributed by atoms with E-state index in [0.717, 1.165) is 0 Å². The van der Waals surface area contributed by atoms with Crippen LogP contribution < -0.4 is 0 Å². The Morgan fingerprint density at radius 3 is 3.09 bits per heavy atom. The monoisotopic (exact) mass is 270 g/mol. The van der Waals surface area contributed by atoms with Gasteiger partial charge in [-0.05, 0) is 6.92 Å². The number of hydrogen-bond donors (Lipinski definition) is 0. The van der Waals surface area contributed by atoms with E-state index in [1.54, 1.807) is 0 Å². The minimum atomic E-state index is -0.154. The Morgan fingerprint density at radius 2 is 2.36 bits per heavy atom. The molecule has 0 aromatic carbocycles. The molecule has 0 spiro atoms. The van der Waals surface area contributed by atoms with Crippen molar-refractivity contribution < 1.29 is 14.3 Å². The minimum absolute atomic E-state index is 0.154. The van der Waals surface area contributed by atoms with E-state index in [1.165, 1.54) is 0 Å². The molecule has 2 atom stereocenters. The first-order valence-electron chi connectivity index (χ1n) is 3.61. The third-order valence-electron chi connectivity index (χ3n) is 1.60.